The first-order valence-corrected chi connectivity index (χ1v) is 4.51. The summed E-state index contributed by atoms with van der Waals surface area (Å²) in [4.78, 5) is 22.0. The lowest BCUT2D eigenvalue weighted by Gasteiger charge is -2.10. The first kappa shape index (κ1) is 12.1. The monoisotopic (exact) mass is 226 g/mol. The van der Waals surface area contributed by atoms with Crippen LogP contribution in [0.5, 0.6) is 0 Å². The van der Waals surface area contributed by atoms with Crippen LogP contribution in [-0.4, -0.2) is 23.0 Å². The SMILES string of the molecule is C[C@H](N)C(=O)Nc1cccc(F)c1C(=O)O. The van der Waals surface area contributed by atoms with E-state index < -0.39 is 29.3 Å². The van der Waals surface area contributed by atoms with E-state index in [0.29, 0.717) is 0 Å². The highest BCUT2D eigenvalue weighted by molar-refractivity contribution is 6.02. The Labute approximate surface area is 91.1 Å². The van der Waals surface area contributed by atoms with E-state index in [1.54, 1.807) is 0 Å². The van der Waals surface area contributed by atoms with Gasteiger partial charge in [0.05, 0.1) is 11.7 Å². The quantitative estimate of drug-likeness (QED) is 0.711. The van der Waals surface area contributed by atoms with Crippen LogP contribution in [0.1, 0.15) is 17.3 Å². The summed E-state index contributed by atoms with van der Waals surface area (Å²) in [5.41, 5.74) is 4.62. The van der Waals surface area contributed by atoms with Crippen LogP contribution < -0.4 is 11.1 Å². The van der Waals surface area contributed by atoms with Gasteiger partial charge in [0.15, 0.2) is 0 Å². The number of nitrogens with two attached hydrogens (primary N) is 1. The second kappa shape index (κ2) is 4.71. The third-order valence-electron chi connectivity index (χ3n) is 1.90. The van der Waals surface area contributed by atoms with Crippen LogP contribution in [0.4, 0.5) is 10.1 Å². The Morgan fingerprint density at radius 1 is 1.50 bits per heavy atom. The average Bonchev–Trinajstić information content (AvgIpc) is 2.16. The summed E-state index contributed by atoms with van der Waals surface area (Å²) in [6.07, 6.45) is 0. The lowest BCUT2D eigenvalue weighted by molar-refractivity contribution is -0.117. The fourth-order valence-electron chi connectivity index (χ4n) is 1.09. The minimum atomic E-state index is -1.45. The van der Waals surface area contributed by atoms with E-state index in [9.17, 15) is 14.0 Å². The molecule has 86 valence electrons. The van der Waals surface area contributed by atoms with E-state index in [-0.39, 0.29) is 5.69 Å². The normalized spacial score (nSPS) is 11.9. The van der Waals surface area contributed by atoms with E-state index in [4.69, 9.17) is 10.8 Å². The molecule has 0 unspecified atom stereocenters. The van der Waals surface area contributed by atoms with Gasteiger partial charge in [-0.2, -0.15) is 0 Å². The molecule has 0 aliphatic heterocycles. The molecule has 0 aliphatic carbocycles. The van der Waals surface area contributed by atoms with Crippen LogP contribution in [-0.2, 0) is 4.79 Å². The molecular formula is C10H11FN2O3. The second-order valence-corrected chi connectivity index (χ2v) is 3.25. The maximum Gasteiger partial charge on any atom is 0.340 e. The van der Waals surface area contributed by atoms with E-state index in [1.165, 1.54) is 19.1 Å². The van der Waals surface area contributed by atoms with Crippen LogP contribution in [0.2, 0.25) is 0 Å². The number of carbonyl (C=O) groups is 2. The van der Waals surface area contributed by atoms with Crippen molar-refractivity contribution in [1.29, 1.82) is 0 Å². The number of hydrogen-bond acceptors (Lipinski definition) is 3. The van der Waals surface area contributed by atoms with E-state index >= 15 is 0 Å². The van der Waals surface area contributed by atoms with Crippen LogP contribution >= 0.6 is 0 Å². The fourth-order valence-corrected chi connectivity index (χ4v) is 1.09. The van der Waals surface area contributed by atoms with Crippen molar-refractivity contribution in [2.75, 3.05) is 5.32 Å². The van der Waals surface area contributed by atoms with Gasteiger partial charge in [-0.05, 0) is 19.1 Å². The molecule has 0 bridgehead atoms. The number of nitrogens with one attached hydrogen (secondary N) is 1. The Hall–Kier alpha value is -1.95. The molecule has 1 amide bonds. The van der Waals surface area contributed by atoms with Crippen LogP contribution in [0.15, 0.2) is 18.2 Å². The van der Waals surface area contributed by atoms with E-state index in [1.807, 2.05) is 0 Å². The molecule has 1 atom stereocenters. The molecule has 0 aromatic heterocycles. The number of carbonyl (C=O) groups excluding carboxylic acids is 1. The van der Waals surface area contributed by atoms with Crippen molar-refractivity contribution in [1.82, 2.24) is 0 Å². The van der Waals surface area contributed by atoms with Gasteiger partial charge in [-0.1, -0.05) is 6.07 Å². The Balaban J connectivity index is 3.09. The molecule has 1 aromatic carbocycles. The van der Waals surface area contributed by atoms with Crippen LogP contribution in [0, 0.1) is 5.82 Å². The summed E-state index contributed by atoms with van der Waals surface area (Å²) in [5.74, 6) is -2.93. The van der Waals surface area contributed by atoms with Gasteiger partial charge in [0.2, 0.25) is 5.91 Å². The molecule has 0 aliphatic rings. The molecule has 0 radical (unpaired) electrons. The number of carboxylic acid groups (broad SMARTS) is 1. The highest BCUT2D eigenvalue weighted by atomic mass is 19.1. The van der Waals surface area contributed by atoms with Gasteiger partial charge in [0.1, 0.15) is 11.4 Å². The molecule has 0 saturated carbocycles. The van der Waals surface area contributed by atoms with Gasteiger partial charge in [0.25, 0.3) is 0 Å². The van der Waals surface area contributed by atoms with Crippen molar-refractivity contribution in [2.24, 2.45) is 5.73 Å². The third kappa shape index (κ3) is 2.54. The number of carboxylic acids is 1. The van der Waals surface area contributed by atoms with Crippen molar-refractivity contribution in [3.8, 4) is 0 Å². The largest absolute Gasteiger partial charge is 0.478 e. The second-order valence-electron chi connectivity index (χ2n) is 3.25. The summed E-state index contributed by atoms with van der Waals surface area (Å²) >= 11 is 0. The smallest absolute Gasteiger partial charge is 0.340 e. The summed E-state index contributed by atoms with van der Waals surface area (Å²) in [7, 11) is 0. The standard InChI is InChI=1S/C10H11FN2O3/c1-5(12)9(14)13-7-4-2-3-6(11)8(7)10(15)16/h2-5H,12H2,1H3,(H,13,14)(H,15,16)/t5-/m0/s1. The number of amides is 1. The first-order valence-electron chi connectivity index (χ1n) is 4.51. The van der Waals surface area contributed by atoms with Crippen molar-refractivity contribution < 1.29 is 19.1 Å². The molecule has 16 heavy (non-hydrogen) atoms. The zero-order valence-electron chi connectivity index (χ0n) is 8.53. The molecule has 0 heterocycles. The molecular weight excluding hydrogens is 215 g/mol. The highest BCUT2D eigenvalue weighted by Gasteiger charge is 2.18. The first-order chi connectivity index (χ1) is 7.43. The van der Waals surface area contributed by atoms with E-state index in [2.05, 4.69) is 5.32 Å². The van der Waals surface area contributed by atoms with Gasteiger partial charge in [-0.25, -0.2) is 9.18 Å². The molecule has 5 nitrogen and oxygen atoms in total. The lowest BCUT2D eigenvalue weighted by Crippen LogP contribution is -2.33. The minimum Gasteiger partial charge on any atom is -0.478 e. The predicted molar refractivity (Wildman–Crippen MR) is 55.6 cm³/mol. The van der Waals surface area contributed by atoms with Crippen molar-refractivity contribution >= 4 is 17.6 Å². The number of rotatable bonds is 3. The topological polar surface area (TPSA) is 92.4 Å². The molecule has 0 saturated heterocycles. The van der Waals surface area contributed by atoms with Crippen molar-refractivity contribution in [2.45, 2.75) is 13.0 Å². The number of aromatic carboxylic acids is 1. The lowest BCUT2D eigenvalue weighted by atomic mass is 10.1. The summed E-state index contributed by atoms with van der Waals surface area (Å²) in [6, 6.07) is 2.81. The van der Waals surface area contributed by atoms with Gasteiger partial charge in [0, 0.05) is 0 Å². The van der Waals surface area contributed by atoms with Crippen LogP contribution in [0.25, 0.3) is 0 Å². The Bertz CT molecular complexity index is 432. The minimum absolute atomic E-state index is 0.102. The number of benzene rings is 1. The average molecular weight is 226 g/mol. The summed E-state index contributed by atoms with van der Waals surface area (Å²) < 4.78 is 13.2. The zero-order chi connectivity index (χ0) is 12.3. The van der Waals surface area contributed by atoms with Gasteiger partial charge < -0.3 is 16.2 Å². The van der Waals surface area contributed by atoms with E-state index in [0.717, 1.165) is 6.07 Å². The maximum absolute atomic E-state index is 13.2. The molecule has 4 N–H and O–H groups in total. The number of halogens is 1. The zero-order valence-corrected chi connectivity index (χ0v) is 8.53. The van der Waals surface area contributed by atoms with Crippen LogP contribution in [0.3, 0.4) is 0 Å². The van der Waals surface area contributed by atoms with Crippen molar-refractivity contribution in [3.63, 3.8) is 0 Å². The fraction of sp³-hybridized carbons (Fsp3) is 0.200. The molecule has 1 rings (SSSR count). The van der Waals surface area contributed by atoms with Gasteiger partial charge in [-0.15, -0.1) is 0 Å². The highest BCUT2D eigenvalue weighted by Crippen LogP contribution is 2.18. The number of anilines is 1. The molecule has 0 fully saturated rings. The molecule has 1 aromatic rings. The molecule has 6 heteroatoms. The summed E-state index contributed by atoms with van der Waals surface area (Å²) in [6.45, 7) is 1.44. The Morgan fingerprint density at radius 2 is 2.12 bits per heavy atom. The number of hydrogen-bond donors (Lipinski definition) is 3. The summed E-state index contributed by atoms with van der Waals surface area (Å²) in [5, 5.41) is 11.0. The Kier molecular flexibility index (Phi) is 3.57. The van der Waals surface area contributed by atoms with Crippen molar-refractivity contribution in [3.05, 3.63) is 29.6 Å². The Morgan fingerprint density at radius 3 is 2.62 bits per heavy atom. The maximum atomic E-state index is 13.2. The molecule has 0 spiro atoms. The van der Waals surface area contributed by atoms with Gasteiger partial charge >= 0.3 is 5.97 Å². The third-order valence-corrected chi connectivity index (χ3v) is 1.90. The predicted octanol–water partition coefficient (Wildman–Crippen LogP) is 0.810. The van der Waals surface area contributed by atoms with Gasteiger partial charge in [-0.3, -0.25) is 4.79 Å².